The predicted molar refractivity (Wildman–Crippen MR) is 73.8 cm³/mol. The molecule has 1 unspecified atom stereocenters. The Balaban J connectivity index is 2.55. The minimum absolute atomic E-state index is 0.331. The Hall–Kier alpha value is -0.570. The van der Waals surface area contributed by atoms with E-state index in [9.17, 15) is 0 Å². The van der Waals surface area contributed by atoms with Crippen LogP contribution in [-0.2, 0) is 11.3 Å². The Labute approximate surface area is 109 Å². The zero-order valence-corrected chi connectivity index (χ0v) is 11.7. The molecule has 1 rings (SSSR count). The first kappa shape index (κ1) is 14.5. The summed E-state index contributed by atoms with van der Waals surface area (Å²) >= 11 is 5.77. The van der Waals surface area contributed by atoms with Crippen molar-refractivity contribution >= 4 is 11.6 Å². The van der Waals surface area contributed by atoms with Crippen molar-refractivity contribution in [3.63, 3.8) is 0 Å². The van der Waals surface area contributed by atoms with E-state index in [1.165, 1.54) is 16.7 Å². The number of aryl methyl sites for hydroxylation is 2. The van der Waals surface area contributed by atoms with Gasteiger partial charge < -0.3 is 10.1 Å². The standard InChI is InChI=1S/C14H22ClNO/c1-11-4-5-12(2)13(8-11)9-16-14(6-7-15)10-17-3/h4-5,8,14,16H,6-7,9-10H2,1-3H3. The fourth-order valence-electron chi connectivity index (χ4n) is 1.82. The summed E-state index contributed by atoms with van der Waals surface area (Å²) in [5.74, 6) is 0.661. The molecule has 2 nitrogen and oxygen atoms in total. The second kappa shape index (κ2) is 7.70. The zero-order chi connectivity index (χ0) is 12.7. The molecule has 0 spiro atoms. The van der Waals surface area contributed by atoms with Gasteiger partial charge in [0.25, 0.3) is 0 Å². The summed E-state index contributed by atoms with van der Waals surface area (Å²) in [6.45, 7) is 5.84. The zero-order valence-electron chi connectivity index (χ0n) is 10.9. The van der Waals surface area contributed by atoms with Crippen molar-refractivity contribution < 1.29 is 4.74 Å². The van der Waals surface area contributed by atoms with Crippen LogP contribution in [0.25, 0.3) is 0 Å². The summed E-state index contributed by atoms with van der Waals surface area (Å²) in [6.07, 6.45) is 0.931. The summed E-state index contributed by atoms with van der Waals surface area (Å²) < 4.78 is 5.18. The van der Waals surface area contributed by atoms with Gasteiger partial charge in [0, 0.05) is 25.6 Å². The maximum atomic E-state index is 5.77. The quantitative estimate of drug-likeness (QED) is 0.757. The van der Waals surface area contributed by atoms with Crippen LogP contribution in [-0.4, -0.2) is 25.6 Å². The van der Waals surface area contributed by atoms with E-state index >= 15 is 0 Å². The predicted octanol–water partition coefficient (Wildman–Crippen LogP) is 3.04. The molecular weight excluding hydrogens is 234 g/mol. The lowest BCUT2D eigenvalue weighted by Gasteiger charge is -2.17. The molecule has 0 saturated heterocycles. The number of alkyl halides is 1. The summed E-state index contributed by atoms with van der Waals surface area (Å²) in [6, 6.07) is 6.87. The van der Waals surface area contributed by atoms with Gasteiger partial charge in [-0.2, -0.15) is 0 Å². The Morgan fingerprint density at radius 1 is 1.35 bits per heavy atom. The van der Waals surface area contributed by atoms with E-state index in [0.717, 1.165) is 13.0 Å². The van der Waals surface area contributed by atoms with E-state index in [2.05, 4.69) is 37.4 Å². The molecule has 1 atom stereocenters. The Morgan fingerprint density at radius 3 is 2.76 bits per heavy atom. The molecule has 0 bridgehead atoms. The SMILES string of the molecule is COCC(CCCl)NCc1cc(C)ccc1C. The van der Waals surface area contributed by atoms with Gasteiger partial charge in [-0.15, -0.1) is 11.6 Å². The van der Waals surface area contributed by atoms with Gasteiger partial charge in [-0.1, -0.05) is 23.8 Å². The molecule has 0 aliphatic heterocycles. The van der Waals surface area contributed by atoms with E-state index < -0.39 is 0 Å². The normalized spacial score (nSPS) is 12.7. The van der Waals surface area contributed by atoms with Gasteiger partial charge in [-0.25, -0.2) is 0 Å². The van der Waals surface area contributed by atoms with Gasteiger partial charge in [0.2, 0.25) is 0 Å². The molecule has 0 amide bonds. The topological polar surface area (TPSA) is 21.3 Å². The first-order valence-corrected chi connectivity index (χ1v) is 6.55. The smallest absolute Gasteiger partial charge is 0.0616 e. The highest BCUT2D eigenvalue weighted by atomic mass is 35.5. The highest BCUT2D eigenvalue weighted by Crippen LogP contribution is 2.11. The van der Waals surface area contributed by atoms with E-state index in [4.69, 9.17) is 16.3 Å². The second-order valence-corrected chi connectivity index (χ2v) is 4.82. The highest BCUT2D eigenvalue weighted by Gasteiger charge is 2.07. The van der Waals surface area contributed by atoms with Crippen molar-refractivity contribution in [2.24, 2.45) is 0 Å². The number of hydrogen-bond acceptors (Lipinski definition) is 2. The van der Waals surface area contributed by atoms with Crippen molar-refractivity contribution in [1.82, 2.24) is 5.32 Å². The minimum Gasteiger partial charge on any atom is -0.383 e. The van der Waals surface area contributed by atoms with Crippen LogP contribution in [0.2, 0.25) is 0 Å². The lowest BCUT2D eigenvalue weighted by atomic mass is 10.1. The van der Waals surface area contributed by atoms with Crippen LogP contribution >= 0.6 is 11.6 Å². The molecule has 1 N–H and O–H groups in total. The lowest BCUT2D eigenvalue weighted by molar-refractivity contribution is 0.164. The van der Waals surface area contributed by atoms with Crippen molar-refractivity contribution in [3.05, 3.63) is 34.9 Å². The molecule has 0 saturated carbocycles. The number of halogens is 1. The van der Waals surface area contributed by atoms with Crippen LogP contribution in [0.3, 0.4) is 0 Å². The third-order valence-electron chi connectivity index (χ3n) is 2.91. The van der Waals surface area contributed by atoms with Crippen LogP contribution in [0.5, 0.6) is 0 Å². The van der Waals surface area contributed by atoms with Crippen LogP contribution < -0.4 is 5.32 Å². The average molecular weight is 256 g/mol. The van der Waals surface area contributed by atoms with Gasteiger partial charge in [-0.3, -0.25) is 0 Å². The third-order valence-corrected chi connectivity index (χ3v) is 3.13. The van der Waals surface area contributed by atoms with Crippen LogP contribution in [0, 0.1) is 13.8 Å². The maximum absolute atomic E-state index is 5.77. The average Bonchev–Trinajstić information content (AvgIpc) is 2.30. The fraction of sp³-hybridized carbons (Fsp3) is 0.571. The van der Waals surface area contributed by atoms with Gasteiger partial charge >= 0.3 is 0 Å². The summed E-state index contributed by atoms with van der Waals surface area (Å²) in [5.41, 5.74) is 3.97. The molecule has 3 heteroatoms. The molecule has 96 valence electrons. The molecule has 0 aliphatic rings. The summed E-state index contributed by atoms with van der Waals surface area (Å²) in [5, 5.41) is 3.50. The highest BCUT2D eigenvalue weighted by molar-refractivity contribution is 6.17. The van der Waals surface area contributed by atoms with Gasteiger partial charge in [-0.05, 0) is 31.4 Å². The van der Waals surface area contributed by atoms with Crippen LogP contribution in [0.15, 0.2) is 18.2 Å². The first-order valence-electron chi connectivity index (χ1n) is 6.01. The van der Waals surface area contributed by atoms with Crippen molar-refractivity contribution in [2.75, 3.05) is 19.6 Å². The Bertz CT molecular complexity index is 335. The van der Waals surface area contributed by atoms with Crippen molar-refractivity contribution in [1.29, 1.82) is 0 Å². The Kier molecular flexibility index (Phi) is 6.56. The van der Waals surface area contributed by atoms with Crippen molar-refractivity contribution in [3.8, 4) is 0 Å². The first-order chi connectivity index (χ1) is 8.17. The monoisotopic (exact) mass is 255 g/mol. The minimum atomic E-state index is 0.331. The molecular formula is C14H22ClNO. The lowest BCUT2D eigenvalue weighted by Crippen LogP contribution is -2.33. The molecule has 17 heavy (non-hydrogen) atoms. The molecule has 0 aliphatic carbocycles. The molecule has 1 aromatic carbocycles. The molecule has 0 fully saturated rings. The molecule has 0 radical (unpaired) electrons. The number of rotatable bonds is 7. The summed E-state index contributed by atoms with van der Waals surface area (Å²) in [4.78, 5) is 0. The molecule has 0 heterocycles. The van der Waals surface area contributed by atoms with Gasteiger partial charge in [0.15, 0.2) is 0 Å². The largest absolute Gasteiger partial charge is 0.383 e. The van der Waals surface area contributed by atoms with Crippen LogP contribution in [0.1, 0.15) is 23.1 Å². The number of ether oxygens (including phenoxy) is 1. The fourth-order valence-corrected chi connectivity index (χ4v) is 2.09. The van der Waals surface area contributed by atoms with E-state index in [-0.39, 0.29) is 0 Å². The number of benzene rings is 1. The molecule has 1 aromatic rings. The van der Waals surface area contributed by atoms with Gasteiger partial charge in [0.1, 0.15) is 0 Å². The van der Waals surface area contributed by atoms with Crippen molar-refractivity contribution in [2.45, 2.75) is 32.9 Å². The number of nitrogens with one attached hydrogen (secondary N) is 1. The van der Waals surface area contributed by atoms with E-state index in [1.54, 1.807) is 7.11 Å². The number of methoxy groups -OCH3 is 1. The Morgan fingerprint density at radius 2 is 2.12 bits per heavy atom. The van der Waals surface area contributed by atoms with Crippen LogP contribution in [0.4, 0.5) is 0 Å². The van der Waals surface area contributed by atoms with Gasteiger partial charge in [0.05, 0.1) is 6.61 Å². The third kappa shape index (κ3) is 5.07. The second-order valence-electron chi connectivity index (χ2n) is 4.44. The summed E-state index contributed by atoms with van der Waals surface area (Å²) in [7, 11) is 1.72. The van der Waals surface area contributed by atoms with E-state index in [1.807, 2.05) is 0 Å². The maximum Gasteiger partial charge on any atom is 0.0616 e. The molecule has 0 aromatic heterocycles. The number of hydrogen-bond donors (Lipinski definition) is 1. The van der Waals surface area contributed by atoms with E-state index in [0.29, 0.717) is 18.5 Å².